The number of nitrogens with zero attached hydrogens (tertiary/aromatic N) is 1. The summed E-state index contributed by atoms with van der Waals surface area (Å²) in [6, 6.07) is 14.5. The van der Waals surface area contributed by atoms with E-state index in [1.807, 2.05) is 24.3 Å². The molecule has 0 radical (unpaired) electrons. The minimum atomic E-state index is -0.343. The van der Waals surface area contributed by atoms with Gasteiger partial charge in [-0.2, -0.15) is 0 Å². The van der Waals surface area contributed by atoms with Crippen molar-refractivity contribution in [1.29, 1.82) is 0 Å². The number of hydrogen-bond acceptors (Lipinski definition) is 4. The fourth-order valence-electron chi connectivity index (χ4n) is 2.24. The van der Waals surface area contributed by atoms with E-state index in [1.54, 1.807) is 30.3 Å². The number of para-hydroxylation sites is 2. The topological polar surface area (TPSA) is 46.6 Å². The number of benzene rings is 2. The van der Waals surface area contributed by atoms with Gasteiger partial charge in [0.25, 0.3) is 11.1 Å². The summed E-state index contributed by atoms with van der Waals surface area (Å²) < 4.78 is 6.15. The lowest BCUT2D eigenvalue weighted by Gasteiger charge is -2.15. The maximum atomic E-state index is 12.6. The third-order valence-corrected chi connectivity index (χ3v) is 4.63. The van der Waals surface area contributed by atoms with Crippen molar-refractivity contribution >= 4 is 50.6 Å². The van der Waals surface area contributed by atoms with Gasteiger partial charge in [0.15, 0.2) is 0 Å². The highest BCUT2D eigenvalue weighted by Crippen LogP contribution is 2.39. The van der Waals surface area contributed by atoms with Gasteiger partial charge in [0.05, 0.1) is 17.7 Å². The van der Waals surface area contributed by atoms with Crippen molar-refractivity contribution in [3.05, 3.63) is 63.5 Å². The number of rotatable bonds is 3. The number of halogens is 1. The molecule has 0 bridgehead atoms. The zero-order valence-electron chi connectivity index (χ0n) is 12.2. The first-order chi connectivity index (χ1) is 11.1. The summed E-state index contributed by atoms with van der Waals surface area (Å²) in [7, 11) is 1.51. The van der Waals surface area contributed by atoms with Crippen molar-refractivity contribution < 1.29 is 14.3 Å². The largest absolute Gasteiger partial charge is 0.495 e. The highest BCUT2D eigenvalue weighted by molar-refractivity contribution is 9.10. The van der Waals surface area contributed by atoms with E-state index in [0.717, 1.165) is 26.7 Å². The van der Waals surface area contributed by atoms with Crippen LogP contribution in [0.5, 0.6) is 5.75 Å². The molecule has 1 aliphatic rings. The fourth-order valence-corrected chi connectivity index (χ4v) is 3.49. The van der Waals surface area contributed by atoms with E-state index in [0.29, 0.717) is 16.3 Å². The molecule has 4 nitrogen and oxygen atoms in total. The molecule has 116 valence electrons. The van der Waals surface area contributed by atoms with E-state index in [4.69, 9.17) is 4.74 Å². The van der Waals surface area contributed by atoms with Crippen molar-refractivity contribution in [2.45, 2.75) is 0 Å². The van der Waals surface area contributed by atoms with Crippen LogP contribution in [-0.2, 0) is 4.79 Å². The summed E-state index contributed by atoms with van der Waals surface area (Å²) >= 11 is 4.32. The van der Waals surface area contributed by atoms with Gasteiger partial charge in [0, 0.05) is 4.47 Å². The summed E-state index contributed by atoms with van der Waals surface area (Å²) in [5.41, 5.74) is 1.31. The van der Waals surface area contributed by atoms with Crippen LogP contribution in [0.3, 0.4) is 0 Å². The van der Waals surface area contributed by atoms with E-state index < -0.39 is 0 Å². The van der Waals surface area contributed by atoms with Crippen molar-refractivity contribution in [3.63, 3.8) is 0 Å². The van der Waals surface area contributed by atoms with Gasteiger partial charge in [-0.05, 0) is 47.7 Å². The van der Waals surface area contributed by atoms with E-state index in [2.05, 4.69) is 15.9 Å². The Morgan fingerprint density at radius 3 is 2.65 bits per heavy atom. The third-order valence-electron chi connectivity index (χ3n) is 3.27. The molecule has 0 atom stereocenters. The average molecular weight is 390 g/mol. The minimum absolute atomic E-state index is 0.333. The minimum Gasteiger partial charge on any atom is -0.495 e. The number of imide groups is 1. The molecule has 0 aliphatic carbocycles. The Balaban J connectivity index is 1.97. The maximum absolute atomic E-state index is 12.6. The van der Waals surface area contributed by atoms with Gasteiger partial charge in [0.2, 0.25) is 0 Å². The van der Waals surface area contributed by atoms with Crippen LogP contribution in [-0.4, -0.2) is 18.3 Å². The number of hydrogen-bond donors (Lipinski definition) is 0. The lowest BCUT2D eigenvalue weighted by atomic mass is 10.2. The second-order valence-electron chi connectivity index (χ2n) is 4.74. The second-order valence-corrected chi connectivity index (χ2v) is 6.65. The quantitative estimate of drug-likeness (QED) is 0.713. The van der Waals surface area contributed by atoms with Crippen LogP contribution in [0.2, 0.25) is 0 Å². The number of anilines is 1. The zero-order chi connectivity index (χ0) is 16.4. The maximum Gasteiger partial charge on any atom is 0.298 e. The Morgan fingerprint density at radius 2 is 1.91 bits per heavy atom. The zero-order valence-corrected chi connectivity index (χ0v) is 14.6. The molecule has 1 aliphatic heterocycles. The summed E-state index contributed by atoms with van der Waals surface area (Å²) in [5, 5.41) is -0.333. The van der Waals surface area contributed by atoms with E-state index in [9.17, 15) is 9.59 Å². The van der Waals surface area contributed by atoms with Gasteiger partial charge in [-0.25, -0.2) is 4.90 Å². The Kier molecular flexibility index (Phi) is 4.54. The number of methoxy groups -OCH3 is 1. The molecule has 0 aromatic heterocycles. The fraction of sp³-hybridized carbons (Fsp3) is 0.0588. The van der Waals surface area contributed by atoms with Gasteiger partial charge in [-0.3, -0.25) is 9.59 Å². The van der Waals surface area contributed by atoms with Crippen LogP contribution in [0, 0.1) is 0 Å². The first-order valence-electron chi connectivity index (χ1n) is 6.76. The van der Waals surface area contributed by atoms with Crippen molar-refractivity contribution in [2.75, 3.05) is 12.0 Å². The molecule has 1 heterocycles. The molecule has 2 amide bonds. The number of carbonyl (C=O) groups is 2. The summed E-state index contributed by atoms with van der Waals surface area (Å²) in [5.74, 6) is 0.142. The predicted molar refractivity (Wildman–Crippen MR) is 95.6 cm³/mol. The Labute approximate surface area is 146 Å². The van der Waals surface area contributed by atoms with E-state index >= 15 is 0 Å². The van der Waals surface area contributed by atoms with Crippen molar-refractivity contribution in [3.8, 4) is 5.75 Å². The molecule has 6 heteroatoms. The van der Waals surface area contributed by atoms with Gasteiger partial charge >= 0.3 is 0 Å². The van der Waals surface area contributed by atoms with Crippen LogP contribution < -0.4 is 9.64 Å². The normalized spacial score (nSPS) is 16.3. The molecule has 0 spiro atoms. The predicted octanol–water partition coefficient (Wildman–Crippen LogP) is 4.70. The van der Waals surface area contributed by atoms with Gasteiger partial charge in [-0.15, -0.1) is 0 Å². The summed E-state index contributed by atoms with van der Waals surface area (Å²) in [6.07, 6.45) is 1.71. The molecule has 0 N–H and O–H groups in total. The summed E-state index contributed by atoms with van der Waals surface area (Å²) in [6.45, 7) is 0. The highest BCUT2D eigenvalue weighted by atomic mass is 79.9. The van der Waals surface area contributed by atoms with Crippen LogP contribution >= 0.6 is 27.7 Å². The Hall–Kier alpha value is -2.05. The standard InChI is InChI=1S/C17H12BrNO3S/c1-22-14-8-3-2-7-13(14)19-16(20)15(23-17(19)21)10-11-5-4-6-12(18)9-11/h2-10H,1H3/b15-10+. The van der Waals surface area contributed by atoms with Crippen LogP contribution in [0.25, 0.3) is 6.08 Å². The molecule has 3 rings (SSSR count). The molecule has 1 fully saturated rings. The SMILES string of the molecule is COc1ccccc1N1C(=O)S/C(=C/c2cccc(Br)c2)C1=O. The third kappa shape index (κ3) is 3.18. The van der Waals surface area contributed by atoms with E-state index in [-0.39, 0.29) is 11.1 Å². The number of carbonyl (C=O) groups excluding carboxylic acids is 2. The number of thioether (sulfide) groups is 1. The van der Waals surface area contributed by atoms with Crippen LogP contribution in [0.15, 0.2) is 57.9 Å². The van der Waals surface area contributed by atoms with Gasteiger partial charge in [0.1, 0.15) is 5.75 Å². The number of ether oxygens (including phenoxy) is 1. The average Bonchev–Trinajstić information content (AvgIpc) is 2.81. The van der Waals surface area contributed by atoms with Gasteiger partial charge in [-0.1, -0.05) is 40.2 Å². The number of amides is 2. The molecule has 23 heavy (non-hydrogen) atoms. The first kappa shape index (κ1) is 15.8. The highest BCUT2D eigenvalue weighted by Gasteiger charge is 2.37. The molecule has 2 aromatic rings. The molecular formula is C17H12BrNO3S. The molecule has 0 saturated carbocycles. The second kappa shape index (κ2) is 6.60. The molecular weight excluding hydrogens is 378 g/mol. The first-order valence-corrected chi connectivity index (χ1v) is 8.37. The van der Waals surface area contributed by atoms with Crippen LogP contribution in [0.1, 0.15) is 5.56 Å². The summed E-state index contributed by atoms with van der Waals surface area (Å²) in [4.78, 5) is 26.4. The lowest BCUT2D eigenvalue weighted by molar-refractivity contribution is -0.113. The van der Waals surface area contributed by atoms with Crippen molar-refractivity contribution in [1.82, 2.24) is 0 Å². The monoisotopic (exact) mass is 389 g/mol. The Morgan fingerprint density at radius 1 is 1.13 bits per heavy atom. The van der Waals surface area contributed by atoms with E-state index in [1.165, 1.54) is 7.11 Å². The van der Waals surface area contributed by atoms with Gasteiger partial charge < -0.3 is 4.74 Å². The van der Waals surface area contributed by atoms with Crippen molar-refractivity contribution in [2.24, 2.45) is 0 Å². The smallest absolute Gasteiger partial charge is 0.298 e. The molecule has 0 unspecified atom stereocenters. The molecule has 1 saturated heterocycles. The van der Waals surface area contributed by atoms with Crippen LogP contribution in [0.4, 0.5) is 10.5 Å². The molecule has 2 aromatic carbocycles. The Bertz CT molecular complexity index is 819. The lowest BCUT2D eigenvalue weighted by Crippen LogP contribution is -2.28.